The number of rotatable bonds is 4. The van der Waals surface area contributed by atoms with Crippen molar-refractivity contribution in [3.8, 4) is 17.4 Å². The van der Waals surface area contributed by atoms with Crippen molar-refractivity contribution in [3.63, 3.8) is 0 Å². The number of methoxy groups -OCH3 is 1. The largest absolute Gasteiger partial charge is 0.481 e. The van der Waals surface area contributed by atoms with E-state index in [0.717, 1.165) is 5.56 Å². The van der Waals surface area contributed by atoms with Crippen LogP contribution in [0.2, 0.25) is 5.02 Å². The number of halogens is 1. The van der Waals surface area contributed by atoms with Crippen molar-refractivity contribution in [1.82, 2.24) is 10.3 Å². The van der Waals surface area contributed by atoms with Gasteiger partial charge >= 0.3 is 0 Å². The third-order valence-corrected chi connectivity index (χ3v) is 3.43. The number of hydrogen-bond donors (Lipinski definition) is 1. The molecule has 1 aliphatic heterocycles. The minimum absolute atomic E-state index is 0.108. The van der Waals surface area contributed by atoms with Gasteiger partial charge in [0, 0.05) is 24.4 Å². The average Bonchev–Trinajstić information content (AvgIpc) is 3.02. The monoisotopic (exact) mass is 320 g/mol. The molecule has 0 bridgehead atoms. The van der Waals surface area contributed by atoms with Gasteiger partial charge in [-0.25, -0.2) is 4.98 Å². The van der Waals surface area contributed by atoms with Crippen LogP contribution < -0.4 is 19.5 Å². The van der Waals surface area contributed by atoms with Crippen LogP contribution in [0.3, 0.4) is 0 Å². The molecule has 0 saturated heterocycles. The van der Waals surface area contributed by atoms with E-state index in [0.29, 0.717) is 34.5 Å². The molecule has 0 radical (unpaired) electrons. The maximum Gasteiger partial charge on any atom is 0.251 e. The molecular weight excluding hydrogens is 308 g/mol. The molecule has 0 fully saturated rings. The van der Waals surface area contributed by atoms with Gasteiger partial charge in [-0.2, -0.15) is 0 Å². The van der Waals surface area contributed by atoms with Crippen molar-refractivity contribution in [2.45, 2.75) is 6.54 Å². The summed E-state index contributed by atoms with van der Waals surface area (Å²) in [6.45, 7) is 0.459. The number of nitrogens with one attached hydrogen (secondary N) is 1. The lowest BCUT2D eigenvalue weighted by atomic mass is 10.2. The van der Waals surface area contributed by atoms with E-state index in [-0.39, 0.29) is 12.7 Å². The lowest BCUT2D eigenvalue weighted by Gasteiger charge is -2.08. The molecule has 1 aromatic carbocycles. The Bertz CT molecular complexity index is 721. The molecule has 0 aliphatic carbocycles. The molecule has 1 amide bonds. The number of amides is 1. The molecule has 1 N–H and O–H groups in total. The van der Waals surface area contributed by atoms with E-state index >= 15 is 0 Å². The van der Waals surface area contributed by atoms with Gasteiger partial charge in [0.15, 0.2) is 11.5 Å². The second-order valence-electron chi connectivity index (χ2n) is 4.58. The van der Waals surface area contributed by atoms with Crippen LogP contribution in [0.4, 0.5) is 0 Å². The van der Waals surface area contributed by atoms with Gasteiger partial charge in [-0.1, -0.05) is 11.6 Å². The topological polar surface area (TPSA) is 69.7 Å². The van der Waals surface area contributed by atoms with E-state index in [1.807, 2.05) is 0 Å². The lowest BCUT2D eigenvalue weighted by molar-refractivity contribution is 0.0950. The zero-order valence-corrected chi connectivity index (χ0v) is 12.5. The number of aromatic nitrogens is 1. The van der Waals surface area contributed by atoms with Gasteiger partial charge in [0.1, 0.15) is 0 Å². The van der Waals surface area contributed by atoms with E-state index in [1.165, 1.54) is 0 Å². The predicted molar refractivity (Wildman–Crippen MR) is 79.5 cm³/mol. The molecule has 0 atom stereocenters. The summed E-state index contributed by atoms with van der Waals surface area (Å²) in [6.07, 6.45) is 1.62. The standard InChI is InChI=1S/C15H13ClN2O4/c1-20-13-4-9(2-3-17-13)7-18-15(19)10-5-11(16)14-12(6-10)21-8-22-14/h2-6H,7-8H2,1H3,(H,18,19). The summed E-state index contributed by atoms with van der Waals surface area (Å²) in [5.41, 5.74) is 1.29. The Balaban J connectivity index is 1.71. The molecule has 2 heterocycles. The van der Waals surface area contributed by atoms with Gasteiger partial charge in [0.05, 0.1) is 12.1 Å². The molecule has 2 aromatic rings. The van der Waals surface area contributed by atoms with Gasteiger partial charge in [0.25, 0.3) is 5.91 Å². The summed E-state index contributed by atoms with van der Waals surface area (Å²) in [4.78, 5) is 16.2. The maximum atomic E-state index is 12.2. The van der Waals surface area contributed by atoms with Crippen LogP contribution in [0.25, 0.3) is 0 Å². The van der Waals surface area contributed by atoms with E-state index in [4.69, 9.17) is 25.8 Å². The number of nitrogens with zero attached hydrogens (tertiary/aromatic N) is 1. The smallest absolute Gasteiger partial charge is 0.251 e. The van der Waals surface area contributed by atoms with Gasteiger partial charge in [0.2, 0.25) is 12.7 Å². The van der Waals surface area contributed by atoms with Gasteiger partial charge in [-0.3, -0.25) is 4.79 Å². The maximum absolute atomic E-state index is 12.2. The minimum Gasteiger partial charge on any atom is -0.481 e. The Hall–Kier alpha value is -2.47. The zero-order valence-electron chi connectivity index (χ0n) is 11.8. The van der Waals surface area contributed by atoms with E-state index in [9.17, 15) is 4.79 Å². The summed E-state index contributed by atoms with van der Waals surface area (Å²) in [7, 11) is 1.54. The number of benzene rings is 1. The SMILES string of the molecule is COc1cc(CNC(=O)c2cc(Cl)c3c(c2)OCO3)ccn1. The number of hydrogen-bond acceptors (Lipinski definition) is 5. The summed E-state index contributed by atoms with van der Waals surface area (Å²) in [5, 5.41) is 3.16. The summed E-state index contributed by atoms with van der Waals surface area (Å²) in [5.74, 6) is 1.19. The van der Waals surface area contributed by atoms with Crippen molar-refractivity contribution in [2.75, 3.05) is 13.9 Å². The van der Waals surface area contributed by atoms with Crippen molar-refractivity contribution in [3.05, 3.63) is 46.6 Å². The zero-order chi connectivity index (χ0) is 15.5. The highest BCUT2D eigenvalue weighted by Gasteiger charge is 2.20. The third kappa shape index (κ3) is 2.92. The Labute approximate surface area is 132 Å². The first-order chi connectivity index (χ1) is 10.7. The van der Waals surface area contributed by atoms with Gasteiger partial charge in [-0.05, 0) is 23.8 Å². The summed E-state index contributed by atoms with van der Waals surface area (Å²) in [6, 6.07) is 6.72. The molecule has 22 heavy (non-hydrogen) atoms. The van der Waals surface area contributed by atoms with E-state index in [1.54, 1.807) is 37.6 Å². The fourth-order valence-corrected chi connectivity index (χ4v) is 2.32. The number of fused-ring (bicyclic) bond motifs is 1. The van der Waals surface area contributed by atoms with Crippen molar-refractivity contribution >= 4 is 17.5 Å². The third-order valence-electron chi connectivity index (χ3n) is 3.15. The first-order valence-electron chi connectivity index (χ1n) is 6.53. The molecule has 114 valence electrons. The molecule has 7 heteroatoms. The van der Waals surface area contributed by atoms with E-state index < -0.39 is 0 Å². The van der Waals surface area contributed by atoms with Crippen LogP contribution in [-0.2, 0) is 6.54 Å². The molecular formula is C15H13ClN2O4. The Morgan fingerprint density at radius 1 is 1.41 bits per heavy atom. The van der Waals surface area contributed by atoms with Crippen molar-refractivity contribution in [2.24, 2.45) is 0 Å². The van der Waals surface area contributed by atoms with Crippen LogP contribution in [-0.4, -0.2) is 24.8 Å². The summed E-state index contributed by atoms with van der Waals surface area (Å²) < 4.78 is 15.5. The average molecular weight is 321 g/mol. The van der Waals surface area contributed by atoms with Crippen molar-refractivity contribution in [1.29, 1.82) is 0 Å². The molecule has 1 aromatic heterocycles. The second-order valence-corrected chi connectivity index (χ2v) is 4.99. The normalized spacial score (nSPS) is 12.1. The molecule has 0 saturated carbocycles. The van der Waals surface area contributed by atoms with Crippen molar-refractivity contribution < 1.29 is 19.0 Å². The van der Waals surface area contributed by atoms with Crippen LogP contribution in [0.15, 0.2) is 30.5 Å². The Morgan fingerprint density at radius 2 is 2.27 bits per heavy atom. The molecule has 6 nitrogen and oxygen atoms in total. The van der Waals surface area contributed by atoms with Gasteiger partial charge in [-0.15, -0.1) is 0 Å². The fourth-order valence-electron chi connectivity index (χ4n) is 2.05. The number of ether oxygens (including phenoxy) is 3. The van der Waals surface area contributed by atoms with E-state index in [2.05, 4.69) is 10.3 Å². The molecule has 1 aliphatic rings. The van der Waals surface area contributed by atoms with Crippen LogP contribution in [0.1, 0.15) is 15.9 Å². The Kier molecular flexibility index (Phi) is 4.02. The summed E-state index contributed by atoms with van der Waals surface area (Å²) >= 11 is 6.07. The quantitative estimate of drug-likeness (QED) is 0.936. The number of carbonyl (C=O) groups excluding carboxylic acids is 1. The van der Waals surface area contributed by atoms with Crippen LogP contribution >= 0.6 is 11.6 Å². The van der Waals surface area contributed by atoms with Crippen LogP contribution in [0, 0.1) is 0 Å². The Morgan fingerprint density at radius 3 is 3.09 bits per heavy atom. The first-order valence-corrected chi connectivity index (χ1v) is 6.91. The lowest BCUT2D eigenvalue weighted by Crippen LogP contribution is -2.22. The highest BCUT2D eigenvalue weighted by Crippen LogP contribution is 2.39. The highest BCUT2D eigenvalue weighted by molar-refractivity contribution is 6.32. The molecule has 0 spiro atoms. The van der Waals surface area contributed by atoms with Crippen LogP contribution in [0.5, 0.6) is 17.4 Å². The first kappa shape index (κ1) is 14.5. The molecule has 0 unspecified atom stereocenters. The predicted octanol–water partition coefficient (Wildman–Crippen LogP) is 2.40. The number of carbonyl (C=O) groups is 1. The fraction of sp³-hybridized carbons (Fsp3) is 0.200. The highest BCUT2D eigenvalue weighted by atomic mass is 35.5. The number of pyridine rings is 1. The minimum atomic E-state index is -0.254. The second kappa shape index (κ2) is 6.11. The molecule has 3 rings (SSSR count). The van der Waals surface area contributed by atoms with Gasteiger partial charge < -0.3 is 19.5 Å².